The fourth-order valence-electron chi connectivity index (χ4n) is 4.18. The van der Waals surface area contributed by atoms with Crippen LogP contribution in [0.1, 0.15) is 57.4 Å². The Bertz CT molecular complexity index is 725. The van der Waals surface area contributed by atoms with Gasteiger partial charge in [-0.2, -0.15) is 0 Å². The number of hydrogen-bond donors (Lipinski definition) is 1. The van der Waals surface area contributed by atoms with E-state index in [0.717, 1.165) is 36.1 Å². The van der Waals surface area contributed by atoms with Gasteiger partial charge in [-0.05, 0) is 49.6 Å². The van der Waals surface area contributed by atoms with E-state index in [0.29, 0.717) is 19.3 Å². The number of hydrogen-bond acceptors (Lipinski definition) is 4. The highest BCUT2D eigenvalue weighted by molar-refractivity contribution is 5.33. The quantitative estimate of drug-likeness (QED) is 0.435. The number of ether oxygens (including phenoxy) is 3. The summed E-state index contributed by atoms with van der Waals surface area (Å²) >= 11 is 0. The van der Waals surface area contributed by atoms with Crippen LogP contribution in [0.2, 0.25) is 0 Å². The van der Waals surface area contributed by atoms with Crippen molar-refractivity contribution in [3.8, 4) is 17.2 Å². The second kappa shape index (κ2) is 12.5. The van der Waals surface area contributed by atoms with Crippen molar-refractivity contribution >= 4 is 0 Å². The highest BCUT2D eigenvalue weighted by atomic mass is 16.5. The van der Waals surface area contributed by atoms with Crippen LogP contribution in [0.15, 0.2) is 48.5 Å². The molecule has 1 saturated carbocycles. The molecule has 0 aromatic heterocycles. The average Bonchev–Trinajstić information content (AvgIpc) is 2.79. The molecule has 0 aliphatic heterocycles. The summed E-state index contributed by atoms with van der Waals surface area (Å²) in [5, 5.41) is 3.70. The topological polar surface area (TPSA) is 39.7 Å². The van der Waals surface area contributed by atoms with Gasteiger partial charge in [0.1, 0.15) is 17.2 Å². The minimum Gasteiger partial charge on any atom is -0.497 e. The third-order valence-electron chi connectivity index (χ3n) is 5.90. The summed E-state index contributed by atoms with van der Waals surface area (Å²) in [5.41, 5.74) is 1.23. The molecule has 1 aliphatic carbocycles. The third-order valence-corrected chi connectivity index (χ3v) is 5.90. The van der Waals surface area contributed by atoms with Gasteiger partial charge in [0.05, 0.1) is 20.3 Å². The Labute approximate surface area is 181 Å². The van der Waals surface area contributed by atoms with Crippen molar-refractivity contribution in [1.29, 1.82) is 0 Å². The summed E-state index contributed by atoms with van der Waals surface area (Å²) < 4.78 is 17.0. The van der Waals surface area contributed by atoms with Crippen molar-refractivity contribution < 1.29 is 14.2 Å². The van der Waals surface area contributed by atoms with Gasteiger partial charge in [-0.15, -0.1) is 0 Å². The molecule has 0 bridgehead atoms. The van der Waals surface area contributed by atoms with Crippen molar-refractivity contribution in [2.24, 2.45) is 5.92 Å². The Morgan fingerprint density at radius 1 is 0.900 bits per heavy atom. The van der Waals surface area contributed by atoms with Crippen LogP contribution in [0.3, 0.4) is 0 Å². The molecule has 3 rings (SSSR count). The Morgan fingerprint density at radius 3 is 2.37 bits per heavy atom. The lowest BCUT2D eigenvalue weighted by molar-refractivity contribution is 0.245. The number of para-hydroxylation sites is 1. The standard InChI is InChI=1S/C26H37NO3/c1-21(19-22-9-4-3-5-10-22)27-20-23-11-6-7-12-26(23)30-18-8-17-29-25-15-13-24(28-2)14-16-25/h6-7,11-16,21-22,27H,3-5,8-10,17-20H2,1-2H3. The van der Waals surface area contributed by atoms with E-state index in [9.17, 15) is 0 Å². The van der Waals surface area contributed by atoms with Crippen molar-refractivity contribution in [1.82, 2.24) is 5.32 Å². The fourth-order valence-corrected chi connectivity index (χ4v) is 4.18. The van der Waals surface area contributed by atoms with Crippen molar-refractivity contribution in [3.63, 3.8) is 0 Å². The number of methoxy groups -OCH3 is 1. The first-order valence-corrected chi connectivity index (χ1v) is 11.5. The van der Waals surface area contributed by atoms with Crippen molar-refractivity contribution in [2.75, 3.05) is 20.3 Å². The van der Waals surface area contributed by atoms with Crippen molar-refractivity contribution in [3.05, 3.63) is 54.1 Å². The van der Waals surface area contributed by atoms with Crippen LogP contribution in [0.4, 0.5) is 0 Å². The summed E-state index contributed by atoms with van der Waals surface area (Å²) in [6, 6.07) is 16.6. The largest absolute Gasteiger partial charge is 0.497 e. The van der Waals surface area contributed by atoms with Crippen LogP contribution in [0, 0.1) is 5.92 Å². The first-order chi connectivity index (χ1) is 14.7. The molecule has 0 heterocycles. The first kappa shape index (κ1) is 22.5. The second-order valence-corrected chi connectivity index (χ2v) is 8.36. The first-order valence-electron chi connectivity index (χ1n) is 11.5. The average molecular weight is 412 g/mol. The molecular weight excluding hydrogens is 374 g/mol. The zero-order chi connectivity index (χ0) is 21.0. The van der Waals surface area contributed by atoms with Crippen LogP contribution in [-0.4, -0.2) is 26.4 Å². The van der Waals surface area contributed by atoms with Gasteiger partial charge in [0.2, 0.25) is 0 Å². The Morgan fingerprint density at radius 2 is 1.60 bits per heavy atom. The third kappa shape index (κ3) is 7.56. The predicted octanol–water partition coefficient (Wildman–Crippen LogP) is 5.99. The minimum absolute atomic E-state index is 0.541. The molecule has 2 aromatic rings. The van der Waals surface area contributed by atoms with Crippen LogP contribution >= 0.6 is 0 Å². The lowest BCUT2D eigenvalue weighted by atomic mass is 9.85. The minimum atomic E-state index is 0.541. The van der Waals surface area contributed by atoms with Gasteiger partial charge in [0.25, 0.3) is 0 Å². The monoisotopic (exact) mass is 411 g/mol. The van der Waals surface area contributed by atoms with Gasteiger partial charge < -0.3 is 19.5 Å². The summed E-state index contributed by atoms with van der Waals surface area (Å²) in [5.74, 6) is 3.56. The molecule has 0 amide bonds. The summed E-state index contributed by atoms with van der Waals surface area (Å²) in [4.78, 5) is 0. The Kier molecular flexibility index (Phi) is 9.36. The fraction of sp³-hybridized carbons (Fsp3) is 0.538. The van der Waals surface area contributed by atoms with E-state index in [1.807, 2.05) is 30.3 Å². The highest BCUT2D eigenvalue weighted by Gasteiger charge is 2.16. The summed E-state index contributed by atoms with van der Waals surface area (Å²) in [6.07, 6.45) is 9.19. The molecule has 1 fully saturated rings. The molecule has 0 saturated heterocycles. The van der Waals surface area contributed by atoms with Crippen LogP contribution < -0.4 is 19.5 Å². The number of nitrogens with one attached hydrogen (secondary N) is 1. The van der Waals surface area contributed by atoms with Crippen molar-refractivity contribution in [2.45, 2.75) is 64.5 Å². The molecule has 164 valence electrons. The lowest BCUT2D eigenvalue weighted by Gasteiger charge is -2.25. The van der Waals surface area contributed by atoms with Gasteiger partial charge in [0, 0.05) is 24.6 Å². The molecule has 1 unspecified atom stereocenters. The molecule has 1 atom stereocenters. The van der Waals surface area contributed by atoms with E-state index >= 15 is 0 Å². The maximum absolute atomic E-state index is 6.05. The van der Waals surface area contributed by atoms with Gasteiger partial charge in [-0.25, -0.2) is 0 Å². The maximum atomic E-state index is 6.05. The Hall–Kier alpha value is -2.20. The molecule has 0 spiro atoms. The normalized spacial score (nSPS) is 15.5. The summed E-state index contributed by atoms with van der Waals surface area (Å²) in [6.45, 7) is 4.44. The predicted molar refractivity (Wildman–Crippen MR) is 123 cm³/mol. The highest BCUT2D eigenvalue weighted by Crippen LogP contribution is 2.27. The van der Waals surface area contributed by atoms with E-state index in [1.54, 1.807) is 7.11 Å². The molecule has 4 nitrogen and oxygen atoms in total. The zero-order valence-electron chi connectivity index (χ0n) is 18.6. The molecule has 1 N–H and O–H groups in total. The van der Waals surface area contributed by atoms with E-state index in [1.165, 1.54) is 44.1 Å². The van der Waals surface area contributed by atoms with E-state index in [-0.39, 0.29) is 0 Å². The number of rotatable bonds is 12. The molecule has 4 heteroatoms. The van der Waals surface area contributed by atoms with E-state index in [2.05, 4.69) is 30.4 Å². The lowest BCUT2D eigenvalue weighted by Crippen LogP contribution is -2.28. The van der Waals surface area contributed by atoms with Gasteiger partial charge in [-0.3, -0.25) is 0 Å². The summed E-state index contributed by atoms with van der Waals surface area (Å²) in [7, 11) is 1.66. The molecule has 30 heavy (non-hydrogen) atoms. The van der Waals surface area contributed by atoms with Gasteiger partial charge >= 0.3 is 0 Å². The van der Waals surface area contributed by atoms with E-state index < -0.39 is 0 Å². The molecule has 0 radical (unpaired) electrons. The molecule has 2 aromatic carbocycles. The molecular formula is C26H37NO3. The zero-order valence-corrected chi connectivity index (χ0v) is 18.6. The smallest absolute Gasteiger partial charge is 0.123 e. The van der Waals surface area contributed by atoms with E-state index in [4.69, 9.17) is 14.2 Å². The Balaban J connectivity index is 1.36. The second-order valence-electron chi connectivity index (χ2n) is 8.36. The van der Waals surface area contributed by atoms with Gasteiger partial charge in [0.15, 0.2) is 0 Å². The molecule has 1 aliphatic rings. The van der Waals surface area contributed by atoms with Crippen LogP contribution in [0.25, 0.3) is 0 Å². The van der Waals surface area contributed by atoms with Crippen LogP contribution in [0.5, 0.6) is 17.2 Å². The SMILES string of the molecule is COc1ccc(OCCCOc2ccccc2CNC(C)CC2CCCCC2)cc1. The van der Waals surface area contributed by atoms with Gasteiger partial charge in [-0.1, -0.05) is 50.3 Å². The maximum Gasteiger partial charge on any atom is 0.123 e. The number of benzene rings is 2. The van der Waals surface area contributed by atoms with Crippen LogP contribution in [-0.2, 0) is 6.54 Å².